The minimum absolute atomic E-state index is 0.136. The SMILES string of the molecule is O=C(O)C1(C2CCCNC2)CC(F)(F)C1. The first-order valence-corrected chi connectivity index (χ1v) is 5.28. The minimum Gasteiger partial charge on any atom is -0.481 e. The number of hydrogen-bond acceptors (Lipinski definition) is 2. The number of aliphatic carboxylic acids is 1. The van der Waals surface area contributed by atoms with Crippen molar-refractivity contribution in [2.75, 3.05) is 13.1 Å². The van der Waals surface area contributed by atoms with Crippen LogP contribution in [-0.4, -0.2) is 30.1 Å². The lowest BCUT2D eigenvalue weighted by Gasteiger charge is -2.49. The maximum absolute atomic E-state index is 12.9. The molecule has 0 spiro atoms. The van der Waals surface area contributed by atoms with E-state index in [4.69, 9.17) is 5.11 Å². The topological polar surface area (TPSA) is 49.3 Å². The zero-order valence-electron chi connectivity index (χ0n) is 8.43. The lowest BCUT2D eigenvalue weighted by molar-refractivity contribution is -0.208. The van der Waals surface area contributed by atoms with Crippen molar-refractivity contribution < 1.29 is 18.7 Å². The van der Waals surface area contributed by atoms with Gasteiger partial charge < -0.3 is 10.4 Å². The van der Waals surface area contributed by atoms with Crippen LogP contribution in [0, 0.1) is 11.3 Å². The molecule has 15 heavy (non-hydrogen) atoms. The summed E-state index contributed by atoms with van der Waals surface area (Å²) < 4.78 is 25.7. The molecule has 1 saturated heterocycles. The molecule has 2 fully saturated rings. The molecule has 2 N–H and O–H groups in total. The molecule has 0 amide bonds. The molecule has 86 valence electrons. The van der Waals surface area contributed by atoms with E-state index in [1.807, 2.05) is 0 Å². The number of nitrogens with one attached hydrogen (secondary N) is 1. The first kappa shape index (κ1) is 10.8. The summed E-state index contributed by atoms with van der Waals surface area (Å²) in [5.74, 6) is -3.96. The van der Waals surface area contributed by atoms with Gasteiger partial charge in [-0.15, -0.1) is 0 Å². The fourth-order valence-electron chi connectivity index (χ4n) is 2.81. The van der Waals surface area contributed by atoms with Gasteiger partial charge in [0.15, 0.2) is 0 Å². The second-order valence-electron chi connectivity index (χ2n) is 4.71. The van der Waals surface area contributed by atoms with Crippen molar-refractivity contribution in [2.45, 2.75) is 31.6 Å². The maximum Gasteiger partial charge on any atom is 0.310 e. The third-order valence-corrected chi connectivity index (χ3v) is 3.65. The summed E-state index contributed by atoms with van der Waals surface area (Å²) in [6, 6.07) is 0. The van der Waals surface area contributed by atoms with Gasteiger partial charge in [0.1, 0.15) is 0 Å². The van der Waals surface area contributed by atoms with Crippen molar-refractivity contribution >= 4 is 5.97 Å². The minimum atomic E-state index is -2.77. The fraction of sp³-hybridized carbons (Fsp3) is 0.900. The number of piperidine rings is 1. The predicted molar refractivity (Wildman–Crippen MR) is 49.8 cm³/mol. The zero-order chi connectivity index (χ0) is 11.1. The molecule has 0 aromatic heterocycles. The highest BCUT2D eigenvalue weighted by Gasteiger charge is 2.64. The van der Waals surface area contributed by atoms with Crippen LogP contribution in [0.5, 0.6) is 0 Å². The van der Waals surface area contributed by atoms with Crippen molar-refractivity contribution in [3.05, 3.63) is 0 Å². The van der Waals surface area contributed by atoms with Crippen LogP contribution in [0.3, 0.4) is 0 Å². The molecule has 2 rings (SSSR count). The van der Waals surface area contributed by atoms with Gasteiger partial charge in [0, 0.05) is 12.8 Å². The highest BCUT2D eigenvalue weighted by molar-refractivity contribution is 5.77. The van der Waals surface area contributed by atoms with E-state index in [1.165, 1.54) is 0 Å². The molecule has 0 aromatic rings. The molecule has 1 heterocycles. The monoisotopic (exact) mass is 219 g/mol. The summed E-state index contributed by atoms with van der Waals surface area (Å²) in [5, 5.41) is 12.2. The van der Waals surface area contributed by atoms with Gasteiger partial charge in [-0.1, -0.05) is 0 Å². The van der Waals surface area contributed by atoms with Crippen LogP contribution >= 0.6 is 0 Å². The van der Waals surface area contributed by atoms with Gasteiger partial charge in [-0.2, -0.15) is 0 Å². The summed E-state index contributed by atoms with van der Waals surface area (Å²) in [7, 11) is 0. The van der Waals surface area contributed by atoms with E-state index in [0.717, 1.165) is 19.4 Å². The molecule has 1 atom stereocenters. The second-order valence-corrected chi connectivity index (χ2v) is 4.71. The molecule has 5 heteroatoms. The number of alkyl halides is 2. The van der Waals surface area contributed by atoms with Gasteiger partial charge in [-0.3, -0.25) is 4.79 Å². The summed E-state index contributed by atoms with van der Waals surface area (Å²) >= 11 is 0. The Labute approximate surface area is 86.8 Å². The van der Waals surface area contributed by atoms with Gasteiger partial charge >= 0.3 is 5.97 Å². The quantitative estimate of drug-likeness (QED) is 0.739. The van der Waals surface area contributed by atoms with Crippen molar-refractivity contribution in [1.82, 2.24) is 5.32 Å². The van der Waals surface area contributed by atoms with Crippen LogP contribution in [0.2, 0.25) is 0 Å². The largest absolute Gasteiger partial charge is 0.481 e. The van der Waals surface area contributed by atoms with Crippen LogP contribution in [0.25, 0.3) is 0 Å². The molecule has 0 aromatic carbocycles. The Morgan fingerprint density at radius 3 is 2.47 bits per heavy atom. The summed E-state index contributed by atoms with van der Waals surface area (Å²) in [6.07, 6.45) is 0.657. The van der Waals surface area contributed by atoms with Crippen LogP contribution < -0.4 is 5.32 Å². The zero-order valence-corrected chi connectivity index (χ0v) is 8.43. The van der Waals surface area contributed by atoms with Crippen LogP contribution in [0.4, 0.5) is 8.78 Å². The third-order valence-electron chi connectivity index (χ3n) is 3.65. The number of halogens is 2. The average Bonchev–Trinajstić information content (AvgIpc) is 2.14. The molecule has 1 unspecified atom stereocenters. The van der Waals surface area contributed by atoms with E-state index in [1.54, 1.807) is 0 Å². The van der Waals surface area contributed by atoms with Gasteiger partial charge in [-0.25, -0.2) is 8.78 Å². The molecule has 3 nitrogen and oxygen atoms in total. The smallest absolute Gasteiger partial charge is 0.310 e. The van der Waals surface area contributed by atoms with E-state index in [-0.39, 0.29) is 5.92 Å². The van der Waals surface area contributed by atoms with E-state index in [0.29, 0.717) is 6.54 Å². The molecular weight excluding hydrogens is 204 g/mol. The lowest BCUT2D eigenvalue weighted by Crippen LogP contribution is -2.58. The van der Waals surface area contributed by atoms with Crippen molar-refractivity contribution in [2.24, 2.45) is 11.3 Å². The molecule has 1 aliphatic heterocycles. The number of carbonyl (C=O) groups is 1. The predicted octanol–water partition coefficient (Wildman–Crippen LogP) is 1.49. The normalized spacial score (nSPS) is 33.1. The van der Waals surface area contributed by atoms with Crippen molar-refractivity contribution in [3.63, 3.8) is 0 Å². The Kier molecular flexibility index (Phi) is 2.45. The van der Waals surface area contributed by atoms with Crippen LogP contribution in [0.15, 0.2) is 0 Å². The summed E-state index contributed by atoms with van der Waals surface area (Å²) in [4.78, 5) is 11.1. The van der Waals surface area contributed by atoms with Crippen LogP contribution in [-0.2, 0) is 4.79 Å². The second kappa shape index (κ2) is 3.40. The molecule has 2 aliphatic rings. The molecular formula is C10H15F2NO2. The average molecular weight is 219 g/mol. The maximum atomic E-state index is 12.9. The molecule has 0 bridgehead atoms. The van der Waals surface area contributed by atoms with E-state index < -0.39 is 30.1 Å². The third kappa shape index (κ3) is 1.73. The Bertz CT molecular complexity index is 267. The fourth-order valence-corrected chi connectivity index (χ4v) is 2.81. The standard InChI is InChI=1S/C10H15F2NO2/c11-10(12)5-9(6-10,8(14)15)7-2-1-3-13-4-7/h7,13H,1-6H2,(H,14,15). The van der Waals surface area contributed by atoms with Gasteiger partial charge in [0.2, 0.25) is 5.92 Å². The Balaban J connectivity index is 2.10. The van der Waals surface area contributed by atoms with Crippen molar-refractivity contribution in [3.8, 4) is 0 Å². The van der Waals surface area contributed by atoms with E-state index in [2.05, 4.69) is 5.32 Å². The Hall–Kier alpha value is -0.710. The molecule has 1 saturated carbocycles. The highest BCUT2D eigenvalue weighted by Crippen LogP contribution is 2.57. The van der Waals surface area contributed by atoms with Gasteiger partial charge in [-0.05, 0) is 31.8 Å². The molecule has 0 radical (unpaired) electrons. The van der Waals surface area contributed by atoms with Crippen molar-refractivity contribution in [1.29, 1.82) is 0 Å². The molecule has 1 aliphatic carbocycles. The number of rotatable bonds is 2. The first-order chi connectivity index (χ1) is 6.96. The highest BCUT2D eigenvalue weighted by atomic mass is 19.3. The van der Waals surface area contributed by atoms with E-state index in [9.17, 15) is 13.6 Å². The lowest BCUT2D eigenvalue weighted by atomic mass is 9.57. The van der Waals surface area contributed by atoms with E-state index >= 15 is 0 Å². The summed E-state index contributed by atoms with van der Waals surface area (Å²) in [6.45, 7) is 1.42. The van der Waals surface area contributed by atoms with Gasteiger partial charge in [0.05, 0.1) is 5.41 Å². The number of hydrogen-bond donors (Lipinski definition) is 2. The number of carboxylic acids is 1. The Morgan fingerprint density at radius 1 is 1.40 bits per heavy atom. The van der Waals surface area contributed by atoms with Gasteiger partial charge in [0.25, 0.3) is 0 Å². The Morgan fingerprint density at radius 2 is 2.07 bits per heavy atom. The van der Waals surface area contributed by atoms with Crippen LogP contribution in [0.1, 0.15) is 25.7 Å². The first-order valence-electron chi connectivity index (χ1n) is 5.28. The summed E-state index contributed by atoms with van der Waals surface area (Å²) in [5.41, 5.74) is -1.17. The number of carboxylic acid groups (broad SMARTS) is 1.